The molecule has 4 heteroatoms. The first-order chi connectivity index (χ1) is 9.66. The molecular formula is C16H22ClNO2. The minimum atomic E-state index is -0.706. The van der Waals surface area contributed by atoms with Gasteiger partial charge in [-0.1, -0.05) is 36.6 Å². The predicted octanol–water partition coefficient (Wildman–Crippen LogP) is 4.12. The molecule has 1 atom stereocenters. The Bertz CT molecular complexity index is 433. The summed E-state index contributed by atoms with van der Waals surface area (Å²) in [6.07, 6.45) is 5.83. The number of halogens is 1. The number of carbonyl (C=O) groups is 1. The first-order valence-electron chi connectivity index (χ1n) is 7.38. The van der Waals surface area contributed by atoms with E-state index in [9.17, 15) is 4.79 Å². The SMILES string of the molecule is O=C(O)CCCN1CCCCCC1c1ccc(Cl)cc1. The van der Waals surface area contributed by atoms with Gasteiger partial charge in [0.25, 0.3) is 0 Å². The highest BCUT2D eigenvalue weighted by Crippen LogP contribution is 2.30. The van der Waals surface area contributed by atoms with E-state index in [0.29, 0.717) is 6.04 Å². The van der Waals surface area contributed by atoms with Gasteiger partial charge in [0, 0.05) is 17.5 Å². The predicted molar refractivity (Wildman–Crippen MR) is 81.1 cm³/mol. The van der Waals surface area contributed by atoms with Crippen molar-refractivity contribution in [3.05, 3.63) is 34.9 Å². The lowest BCUT2D eigenvalue weighted by Gasteiger charge is -2.30. The zero-order valence-corrected chi connectivity index (χ0v) is 12.5. The minimum Gasteiger partial charge on any atom is -0.481 e. The number of rotatable bonds is 5. The van der Waals surface area contributed by atoms with Gasteiger partial charge in [0.2, 0.25) is 0 Å². The Morgan fingerprint density at radius 2 is 2.00 bits per heavy atom. The number of carboxylic acids is 1. The van der Waals surface area contributed by atoms with Crippen molar-refractivity contribution in [1.29, 1.82) is 0 Å². The fourth-order valence-electron chi connectivity index (χ4n) is 2.93. The smallest absolute Gasteiger partial charge is 0.303 e. The van der Waals surface area contributed by atoms with Crippen molar-refractivity contribution in [3.63, 3.8) is 0 Å². The molecule has 0 saturated carbocycles. The van der Waals surface area contributed by atoms with Crippen LogP contribution in [0, 0.1) is 0 Å². The molecule has 1 aromatic rings. The van der Waals surface area contributed by atoms with Gasteiger partial charge in [0.1, 0.15) is 0 Å². The van der Waals surface area contributed by atoms with E-state index in [1.54, 1.807) is 0 Å². The van der Waals surface area contributed by atoms with Crippen LogP contribution in [0.1, 0.15) is 50.1 Å². The van der Waals surface area contributed by atoms with Crippen molar-refractivity contribution in [2.75, 3.05) is 13.1 Å². The highest BCUT2D eigenvalue weighted by molar-refractivity contribution is 6.30. The number of carboxylic acid groups (broad SMARTS) is 1. The molecule has 1 aliphatic rings. The number of likely N-dealkylation sites (tertiary alicyclic amines) is 1. The average Bonchev–Trinajstić information content (AvgIpc) is 2.65. The van der Waals surface area contributed by atoms with Gasteiger partial charge in [-0.3, -0.25) is 9.69 Å². The van der Waals surface area contributed by atoms with E-state index < -0.39 is 5.97 Å². The summed E-state index contributed by atoms with van der Waals surface area (Å²) in [5.74, 6) is -0.706. The maximum atomic E-state index is 10.7. The van der Waals surface area contributed by atoms with E-state index >= 15 is 0 Å². The Morgan fingerprint density at radius 3 is 2.70 bits per heavy atom. The molecule has 110 valence electrons. The van der Waals surface area contributed by atoms with E-state index in [-0.39, 0.29) is 6.42 Å². The van der Waals surface area contributed by atoms with Gasteiger partial charge < -0.3 is 5.11 Å². The molecule has 0 amide bonds. The maximum Gasteiger partial charge on any atom is 0.303 e. The summed E-state index contributed by atoms with van der Waals surface area (Å²) in [7, 11) is 0. The fourth-order valence-corrected chi connectivity index (χ4v) is 3.06. The normalized spacial score (nSPS) is 20.6. The van der Waals surface area contributed by atoms with Crippen molar-refractivity contribution in [2.24, 2.45) is 0 Å². The van der Waals surface area contributed by atoms with Crippen molar-refractivity contribution < 1.29 is 9.90 Å². The second-order valence-electron chi connectivity index (χ2n) is 5.45. The second-order valence-corrected chi connectivity index (χ2v) is 5.89. The molecule has 2 rings (SSSR count). The van der Waals surface area contributed by atoms with E-state index in [1.165, 1.54) is 24.8 Å². The van der Waals surface area contributed by atoms with Crippen LogP contribution in [0.2, 0.25) is 5.02 Å². The maximum absolute atomic E-state index is 10.7. The summed E-state index contributed by atoms with van der Waals surface area (Å²) >= 11 is 5.96. The van der Waals surface area contributed by atoms with Crippen LogP contribution in [0.15, 0.2) is 24.3 Å². The topological polar surface area (TPSA) is 40.5 Å². The average molecular weight is 296 g/mol. The molecule has 1 aromatic carbocycles. The van der Waals surface area contributed by atoms with Crippen molar-refractivity contribution in [3.8, 4) is 0 Å². The van der Waals surface area contributed by atoms with E-state index in [4.69, 9.17) is 16.7 Å². The molecule has 0 aromatic heterocycles. The van der Waals surface area contributed by atoms with E-state index in [2.05, 4.69) is 17.0 Å². The molecule has 0 bridgehead atoms. The third-order valence-electron chi connectivity index (χ3n) is 3.95. The molecule has 1 N–H and O–H groups in total. The van der Waals surface area contributed by atoms with Crippen molar-refractivity contribution in [1.82, 2.24) is 4.90 Å². The number of hydrogen-bond acceptors (Lipinski definition) is 2. The van der Waals surface area contributed by atoms with Crippen LogP contribution in [0.25, 0.3) is 0 Å². The highest BCUT2D eigenvalue weighted by Gasteiger charge is 2.22. The molecule has 1 aliphatic heterocycles. The molecule has 0 radical (unpaired) electrons. The number of nitrogens with zero attached hydrogens (tertiary/aromatic N) is 1. The van der Waals surface area contributed by atoms with Gasteiger partial charge in [0.05, 0.1) is 0 Å². The first kappa shape index (κ1) is 15.3. The van der Waals surface area contributed by atoms with Gasteiger partial charge in [-0.2, -0.15) is 0 Å². The number of benzene rings is 1. The molecule has 1 heterocycles. The highest BCUT2D eigenvalue weighted by atomic mass is 35.5. The lowest BCUT2D eigenvalue weighted by atomic mass is 10.0. The van der Waals surface area contributed by atoms with Gasteiger partial charge in [-0.25, -0.2) is 0 Å². The molecule has 1 unspecified atom stereocenters. The zero-order valence-electron chi connectivity index (χ0n) is 11.7. The number of aliphatic carboxylic acids is 1. The standard InChI is InChI=1S/C16H22ClNO2/c17-14-9-7-13(8-10-14)15-5-2-1-3-11-18(15)12-4-6-16(19)20/h7-10,15H,1-6,11-12H2,(H,19,20). The Kier molecular flexibility index (Phi) is 5.86. The van der Waals surface area contributed by atoms with E-state index in [1.807, 2.05) is 12.1 Å². The molecule has 1 fully saturated rings. The Balaban J connectivity index is 2.04. The third-order valence-corrected chi connectivity index (χ3v) is 4.21. The largest absolute Gasteiger partial charge is 0.481 e. The van der Waals surface area contributed by atoms with Crippen molar-refractivity contribution in [2.45, 2.75) is 44.6 Å². The number of hydrogen-bond donors (Lipinski definition) is 1. The molecule has 3 nitrogen and oxygen atoms in total. The summed E-state index contributed by atoms with van der Waals surface area (Å²) in [4.78, 5) is 13.1. The van der Waals surface area contributed by atoms with Crippen molar-refractivity contribution >= 4 is 17.6 Å². The summed E-state index contributed by atoms with van der Waals surface area (Å²) in [6.45, 7) is 1.92. The Hall–Kier alpha value is -1.06. The lowest BCUT2D eigenvalue weighted by molar-refractivity contribution is -0.137. The van der Waals surface area contributed by atoms with Crippen LogP contribution in [0.5, 0.6) is 0 Å². The molecule has 0 aliphatic carbocycles. The van der Waals surface area contributed by atoms with Crippen LogP contribution in [-0.2, 0) is 4.79 Å². The summed E-state index contributed by atoms with van der Waals surface area (Å²) in [5, 5.41) is 9.54. The summed E-state index contributed by atoms with van der Waals surface area (Å²) in [5.41, 5.74) is 1.30. The minimum absolute atomic E-state index is 0.254. The molecule has 1 saturated heterocycles. The fraction of sp³-hybridized carbons (Fsp3) is 0.562. The van der Waals surface area contributed by atoms with E-state index in [0.717, 1.165) is 31.0 Å². The van der Waals surface area contributed by atoms with Crippen LogP contribution in [-0.4, -0.2) is 29.1 Å². The van der Waals surface area contributed by atoms with Gasteiger partial charge in [-0.15, -0.1) is 0 Å². The summed E-state index contributed by atoms with van der Waals surface area (Å²) in [6, 6.07) is 8.49. The van der Waals surface area contributed by atoms with Crippen LogP contribution < -0.4 is 0 Å². The van der Waals surface area contributed by atoms with Crippen LogP contribution >= 0.6 is 11.6 Å². The molecular weight excluding hydrogens is 274 g/mol. The Morgan fingerprint density at radius 1 is 1.25 bits per heavy atom. The molecule has 20 heavy (non-hydrogen) atoms. The molecule has 0 spiro atoms. The quantitative estimate of drug-likeness (QED) is 0.888. The Labute approximate surface area is 125 Å². The van der Waals surface area contributed by atoms with Gasteiger partial charge in [-0.05, 0) is 50.0 Å². The third kappa shape index (κ3) is 4.50. The van der Waals surface area contributed by atoms with Gasteiger partial charge in [0.15, 0.2) is 0 Å². The lowest BCUT2D eigenvalue weighted by Crippen LogP contribution is -2.30. The zero-order chi connectivity index (χ0) is 14.4. The van der Waals surface area contributed by atoms with Crippen LogP contribution in [0.3, 0.4) is 0 Å². The van der Waals surface area contributed by atoms with Crippen LogP contribution in [0.4, 0.5) is 0 Å². The first-order valence-corrected chi connectivity index (χ1v) is 7.76. The summed E-state index contributed by atoms with van der Waals surface area (Å²) < 4.78 is 0. The monoisotopic (exact) mass is 295 g/mol. The van der Waals surface area contributed by atoms with Gasteiger partial charge >= 0.3 is 5.97 Å². The second kappa shape index (κ2) is 7.65.